The summed E-state index contributed by atoms with van der Waals surface area (Å²) in [7, 11) is 0. The second-order valence-corrected chi connectivity index (χ2v) is 5.62. The molecule has 8 nitrogen and oxygen atoms in total. The van der Waals surface area contributed by atoms with Crippen LogP contribution in [0.3, 0.4) is 0 Å². The monoisotopic (exact) mass is 353 g/mol. The lowest BCUT2D eigenvalue weighted by molar-refractivity contribution is -0.113. The number of carbonyl (C=O) groups excluding carboxylic acids is 1. The minimum Gasteiger partial charge on any atom is -0.380 e. The Balaban J connectivity index is 1.97. The molecule has 1 amide bonds. The summed E-state index contributed by atoms with van der Waals surface area (Å²) in [4.78, 5) is 34.2. The van der Waals surface area contributed by atoms with E-state index in [2.05, 4.69) is 15.0 Å². The van der Waals surface area contributed by atoms with Gasteiger partial charge in [0.2, 0.25) is 5.91 Å². The molecule has 8 heteroatoms. The third-order valence-electron chi connectivity index (χ3n) is 3.86. The molecular weight excluding hydrogens is 334 g/mol. The van der Waals surface area contributed by atoms with Crippen molar-refractivity contribution in [2.24, 2.45) is 5.73 Å². The highest BCUT2D eigenvalue weighted by Crippen LogP contribution is 2.24. The molecule has 0 saturated carbocycles. The Morgan fingerprint density at radius 3 is 2.92 bits per heavy atom. The van der Waals surface area contributed by atoms with E-state index in [1.807, 2.05) is 13.0 Å². The smallest absolute Gasteiger partial charge is 0.347 e. The Morgan fingerprint density at radius 1 is 1.35 bits per heavy atom. The first-order valence-corrected chi connectivity index (χ1v) is 8.17. The quantitative estimate of drug-likeness (QED) is 0.491. The van der Waals surface area contributed by atoms with Gasteiger partial charge in [-0.05, 0) is 19.1 Å². The van der Waals surface area contributed by atoms with Gasteiger partial charge in [0.1, 0.15) is 5.65 Å². The van der Waals surface area contributed by atoms with Gasteiger partial charge in [-0.25, -0.2) is 14.8 Å². The maximum Gasteiger partial charge on any atom is 0.347 e. The molecule has 0 saturated heterocycles. The molecule has 3 aromatic heterocycles. The Labute approximate surface area is 149 Å². The fourth-order valence-electron chi connectivity index (χ4n) is 2.56. The van der Waals surface area contributed by atoms with Crippen LogP contribution in [0.5, 0.6) is 0 Å². The number of pyridine rings is 1. The van der Waals surface area contributed by atoms with Crippen LogP contribution in [0.4, 0.5) is 0 Å². The number of hydrogen-bond donors (Lipinski definition) is 2. The normalized spacial score (nSPS) is 11.4. The molecule has 0 aliphatic carbocycles. The Morgan fingerprint density at radius 2 is 2.15 bits per heavy atom. The highest BCUT2D eigenvalue weighted by molar-refractivity contribution is 5.95. The molecule has 3 N–H and O–H groups in total. The highest BCUT2D eigenvalue weighted by Gasteiger charge is 2.08. The van der Waals surface area contributed by atoms with Gasteiger partial charge in [0.15, 0.2) is 0 Å². The van der Waals surface area contributed by atoms with Crippen molar-refractivity contribution in [1.82, 2.24) is 19.5 Å². The first-order valence-electron chi connectivity index (χ1n) is 8.17. The van der Waals surface area contributed by atoms with Gasteiger partial charge in [-0.15, -0.1) is 0 Å². The number of H-pyrrole nitrogens is 1. The molecule has 0 atom stereocenters. The largest absolute Gasteiger partial charge is 0.380 e. The number of primary amides is 1. The van der Waals surface area contributed by atoms with Gasteiger partial charge in [0.25, 0.3) is 0 Å². The second kappa shape index (κ2) is 7.75. The number of hydrogen-bond acceptors (Lipinski definition) is 5. The van der Waals surface area contributed by atoms with E-state index in [9.17, 15) is 9.59 Å². The van der Waals surface area contributed by atoms with E-state index in [1.54, 1.807) is 24.7 Å². The SMILES string of the molecule is CCOCCn1cc(-c2cnc3[nH]cc(/C=C/C(N)=O)c3c2)cnc1=O. The van der Waals surface area contributed by atoms with E-state index in [0.717, 1.165) is 22.1 Å². The number of aromatic nitrogens is 4. The van der Waals surface area contributed by atoms with Crippen LogP contribution in [0.15, 0.2) is 41.7 Å². The summed E-state index contributed by atoms with van der Waals surface area (Å²) >= 11 is 0. The average molecular weight is 353 g/mol. The fraction of sp³-hybridized carbons (Fsp3) is 0.222. The van der Waals surface area contributed by atoms with Crippen molar-refractivity contribution in [3.8, 4) is 11.1 Å². The molecular formula is C18H19N5O3. The van der Waals surface area contributed by atoms with Crippen LogP contribution in [0.25, 0.3) is 28.2 Å². The molecule has 0 spiro atoms. The van der Waals surface area contributed by atoms with Gasteiger partial charge in [-0.2, -0.15) is 0 Å². The summed E-state index contributed by atoms with van der Waals surface area (Å²) in [5.41, 5.74) is 7.89. The predicted octanol–water partition coefficient (Wildman–Crippen LogP) is 1.32. The van der Waals surface area contributed by atoms with Gasteiger partial charge in [0, 0.05) is 59.5 Å². The molecule has 0 fully saturated rings. The maximum atomic E-state index is 11.9. The van der Waals surface area contributed by atoms with Gasteiger partial charge < -0.3 is 15.5 Å². The summed E-state index contributed by atoms with van der Waals surface area (Å²) in [5.74, 6) is -0.519. The molecule has 3 aromatic rings. The van der Waals surface area contributed by atoms with Gasteiger partial charge in [0.05, 0.1) is 13.2 Å². The number of nitrogens with two attached hydrogens (primary N) is 1. The van der Waals surface area contributed by atoms with Gasteiger partial charge in [-0.3, -0.25) is 9.36 Å². The van der Waals surface area contributed by atoms with Crippen molar-refractivity contribution >= 4 is 23.0 Å². The molecule has 0 radical (unpaired) electrons. The Kier molecular flexibility index (Phi) is 5.23. The lowest BCUT2D eigenvalue weighted by atomic mass is 10.1. The number of nitrogens with zero attached hydrogens (tertiary/aromatic N) is 3. The molecule has 26 heavy (non-hydrogen) atoms. The van der Waals surface area contributed by atoms with Crippen LogP contribution >= 0.6 is 0 Å². The molecule has 134 valence electrons. The molecule has 3 rings (SSSR count). The number of rotatable bonds is 7. The van der Waals surface area contributed by atoms with Crippen LogP contribution in [0.2, 0.25) is 0 Å². The Hall–Kier alpha value is -3.26. The zero-order valence-corrected chi connectivity index (χ0v) is 14.3. The number of fused-ring (bicyclic) bond motifs is 1. The number of nitrogens with one attached hydrogen (secondary N) is 1. The van der Waals surface area contributed by atoms with E-state index in [1.165, 1.54) is 16.8 Å². The average Bonchev–Trinajstić information content (AvgIpc) is 3.04. The van der Waals surface area contributed by atoms with Crippen LogP contribution in [-0.2, 0) is 16.1 Å². The first-order chi connectivity index (χ1) is 12.6. The fourth-order valence-corrected chi connectivity index (χ4v) is 2.56. The molecule has 0 aliphatic heterocycles. The van der Waals surface area contributed by atoms with Crippen molar-refractivity contribution in [2.45, 2.75) is 13.5 Å². The number of carbonyl (C=O) groups is 1. The summed E-state index contributed by atoms with van der Waals surface area (Å²) in [6.07, 6.45) is 9.65. The zero-order valence-electron chi connectivity index (χ0n) is 14.3. The van der Waals surface area contributed by atoms with Crippen molar-refractivity contribution in [2.75, 3.05) is 13.2 Å². The van der Waals surface area contributed by atoms with Crippen molar-refractivity contribution in [3.63, 3.8) is 0 Å². The van der Waals surface area contributed by atoms with E-state index in [4.69, 9.17) is 10.5 Å². The topological polar surface area (TPSA) is 116 Å². The zero-order chi connectivity index (χ0) is 18.5. The summed E-state index contributed by atoms with van der Waals surface area (Å²) in [5, 5.41) is 0.840. The first kappa shape index (κ1) is 17.6. The molecule has 3 heterocycles. The lowest BCUT2D eigenvalue weighted by Crippen LogP contribution is -2.24. The summed E-state index contributed by atoms with van der Waals surface area (Å²) in [6, 6.07) is 1.92. The summed E-state index contributed by atoms with van der Waals surface area (Å²) in [6.45, 7) is 3.37. The molecule has 0 bridgehead atoms. The van der Waals surface area contributed by atoms with Gasteiger partial charge in [-0.1, -0.05) is 0 Å². The van der Waals surface area contributed by atoms with E-state index in [-0.39, 0.29) is 5.69 Å². The van der Waals surface area contributed by atoms with Crippen molar-refractivity contribution in [1.29, 1.82) is 0 Å². The molecule has 0 unspecified atom stereocenters. The minimum absolute atomic E-state index is 0.325. The minimum atomic E-state index is -0.519. The Bertz CT molecular complexity index is 1020. The third-order valence-corrected chi connectivity index (χ3v) is 3.86. The maximum absolute atomic E-state index is 11.9. The van der Waals surface area contributed by atoms with Crippen LogP contribution in [0.1, 0.15) is 12.5 Å². The number of amides is 1. The highest BCUT2D eigenvalue weighted by atomic mass is 16.5. The standard InChI is InChI=1S/C18H19N5O3/c1-2-26-6-5-23-11-14(10-22-18(23)25)13-7-15-12(3-4-16(19)24)8-20-17(15)21-9-13/h3-4,7-11H,2,5-6H2,1H3,(H2,19,24)(H,20,21)/b4-3+. The number of aromatic amines is 1. The molecule has 0 aliphatic rings. The van der Waals surface area contributed by atoms with Crippen LogP contribution in [0, 0.1) is 0 Å². The third kappa shape index (κ3) is 3.86. The van der Waals surface area contributed by atoms with E-state index in [0.29, 0.717) is 25.4 Å². The van der Waals surface area contributed by atoms with Crippen LogP contribution in [-0.4, -0.2) is 38.6 Å². The predicted molar refractivity (Wildman–Crippen MR) is 98.3 cm³/mol. The van der Waals surface area contributed by atoms with E-state index < -0.39 is 5.91 Å². The second-order valence-electron chi connectivity index (χ2n) is 5.62. The van der Waals surface area contributed by atoms with Crippen molar-refractivity contribution < 1.29 is 9.53 Å². The van der Waals surface area contributed by atoms with Crippen molar-refractivity contribution in [3.05, 3.63) is 53.0 Å². The molecule has 0 aromatic carbocycles. The lowest BCUT2D eigenvalue weighted by Gasteiger charge is -2.08. The van der Waals surface area contributed by atoms with Gasteiger partial charge >= 0.3 is 5.69 Å². The number of ether oxygens (including phenoxy) is 1. The van der Waals surface area contributed by atoms with E-state index >= 15 is 0 Å². The summed E-state index contributed by atoms with van der Waals surface area (Å²) < 4.78 is 6.81. The van der Waals surface area contributed by atoms with Crippen LogP contribution < -0.4 is 11.4 Å².